The van der Waals surface area contributed by atoms with E-state index in [9.17, 15) is 4.79 Å². The summed E-state index contributed by atoms with van der Waals surface area (Å²) in [6.45, 7) is 0. The second kappa shape index (κ2) is 6.13. The Kier molecular flexibility index (Phi) is 3.87. The van der Waals surface area contributed by atoms with Gasteiger partial charge in [0.2, 0.25) is 0 Å². The summed E-state index contributed by atoms with van der Waals surface area (Å²) in [4.78, 5) is 12.3. The molecule has 0 fully saturated rings. The van der Waals surface area contributed by atoms with Gasteiger partial charge in [-0.3, -0.25) is 4.79 Å². The maximum absolute atomic E-state index is 12.3. The number of carbonyl (C=O) groups excluding carboxylic acids is 1. The largest absolute Gasteiger partial charge is 0.350 e. The van der Waals surface area contributed by atoms with Gasteiger partial charge in [0.25, 0.3) is 5.91 Å². The second-order valence-corrected chi connectivity index (χ2v) is 4.85. The summed E-state index contributed by atoms with van der Waals surface area (Å²) in [5.74, 6) is -0.241. The van der Waals surface area contributed by atoms with Crippen molar-refractivity contribution in [1.82, 2.24) is 14.6 Å². The first-order valence-corrected chi connectivity index (χ1v) is 6.93. The minimum absolute atomic E-state index is 0.241. The summed E-state index contributed by atoms with van der Waals surface area (Å²) in [5.41, 5.74) is 4.88. The van der Waals surface area contributed by atoms with Crippen molar-refractivity contribution >= 4 is 12.1 Å². The van der Waals surface area contributed by atoms with Crippen LogP contribution in [0, 0.1) is 0 Å². The van der Waals surface area contributed by atoms with Gasteiger partial charge in [0.05, 0.1) is 23.2 Å². The monoisotopic (exact) mass is 292 g/mol. The van der Waals surface area contributed by atoms with Gasteiger partial charge in [-0.05, 0) is 36.4 Å². The minimum atomic E-state index is -0.241. The molecule has 1 N–H and O–H groups in total. The molecule has 2 aromatic heterocycles. The highest BCUT2D eigenvalue weighted by Gasteiger charge is 2.10. The number of rotatable bonds is 4. The van der Waals surface area contributed by atoms with Crippen LogP contribution in [0.1, 0.15) is 16.1 Å². The van der Waals surface area contributed by atoms with E-state index in [1.807, 2.05) is 77.2 Å². The van der Waals surface area contributed by atoms with Crippen LogP contribution >= 0.6 is 0 Å². The summed E-state index contributed by atoms with van der Waals surface area (Å²) in [5, 5.41) is 4.02. The molecule has 0 aliphatic heterocycles. The molecule has 5 heteroatoms. The first kappa shape index (κ1) is 13.9. The predicted molar refractivity (Wildman–Crippen MR) is 86.2 cm³/mol. The molecule has 110 valence electrons. The molecular weight excluding hydrogens is 276 g/mol. The number of nitrogens with one attached hydrogen (secondary N) is 1. The van der Waals surface area contributed by atoms with Crippen molar-refractivity contribution in [2.45, 2.75) is 0 Å². The Hall–Kier alpha value is -3.08. The first-order chi connectivity index (χ1) is 10.8. The van der Waals surface area contributed by atoms with E-state index in [-0.39, 0.29) is 5.91 Å². The number of amides is 1. The van der Waals surface area contributed by atoms with E-state index in [0.717, 1.165) is 11.4 Å². The van der Waals surface area contributed by atoms with Gasteiger partial charge < -0.3 is 9.13 Å². The maximum atomic E-state index is 12.3. The van der Waals surface area contributed by atoms with Crippen molar-refractivity contribution in [2.24, 2.45) is 12.1 Å². The molecule has 3 aromatic rings. The van der Waals surface area contributed by atoms with Gasteiger partial charge in [-0.2, -0.15) is 5.10 Å². The number of hydrazone groups is 1. The quantitative estimate of drug-likeness (QED) is 0.583. The summed E-state index contributed by atoms with van der Waals surface area (Å²) < 4.78 is 3.82. The molecule has 3 rings (SSSR count). The Morgan fingerprint density at radius 2 is 1.82 bits per heavy atom. The van der Waals surface area contributed by atoms with Crippen molar-refractivity contribution in [3.8, 4) is 5.69 Å². The molecule has 2 heterocycles. The van der Waals surface area contributed by atoms with Crippen molar-refractivity contribution in [3.63, 3.8) is 0 Å². The Balaban J connectivity index is 1.79. The fourth-order valence-electron chi connectivity index (χ4n) is 2.21. The lowest BCUT2D eigenvalue weighted by Gasteiger charge is -2.09. The molecule has 0 spiro atoms. The van der Waals surface area contributed by atoms with E-state index < -0.39 is 0 Å². The molecule has 5 nitrogen and oxygen atoms in total. The molecule has 0 atom stereocenters. The van der Waals surface area contributed by atoms with Gasteiger partial charge in [-0.25, -0.2) is 5.43 Å². The van der Waals surface area contributed by atoms with Crippen LogP contribution in [-0.4, -0.2) is 21.3 Å². The highest BCUT2D eigenvalue weighted by Crippen LogP contribution is 2.14. The highest BCUT2D eigenvalue weighted by atomic mass is 16.2. The average Bonchev–Trinajstić information content (AvgIpc) is 3.19. The summed E-state index contributed by atoms with van der Waals surface area (Å²) in [6, 6.07) is 15.1. The van der Waals surface area contributed by atoms with Crippen molar-refractivity contribution in [2.75, 3.05) is 0 Å². The molecule has 0 aliphatic rings. The third kappa shape index (κ3) is 2.83. The molecule has 1 amide bonds. The van der Waals surface area contributed by atoms with Crippen molar-refractivity contribution < 1.29 is 4.79 Å². The lowest BCUT2D eigenvalue weighted by Crippen LogP contribution is -2.19. The molecule has 1 aromatic carbocycles. The number of carbonyl (C=O) groups is 1. The van der Waals surface area contributed by atoms with E-state index in [1.165, 1.54) is 0 Å². The SMILES string of the molecule is Cn1cccc1/C=N\NC(=O)c1ccccc1-n1cccc1. The molecule has 0 saturated carbocycles. The van der Waals surface area contributed by atoms with Gasteiger partial charge in [0.15, 0.2) is 0 Å². The summed E-state index contributed by atoms with van der Waals surface area (Å²) >= 11 is 0. The lowest BCUT2D eigenvalue weighted by atomic mass is 10.1. The Labute approximate surface area is 128 Å². The van der Waals surface area contributed by atoms with Crippen LogP contribution in [0.3, 0.4) is 0 Å². The summed E-state index contributed by atoms with van der Waals surface area (Å²) in [6.07, 6.45) is 7.35. The van der Waals surface area contributed by atoms with Gasteiger partial charge in [0.1, 0.15) is 0 Å². The molecule has 0 aliphatic carbocycles. The number of para-hydroxylation sites is 1. The van der Waals surface area contributed by atoms with Gasteiger partial charge in [-0.1, -0.05) is 12.1 Å². The van der Waals surface area contributed by atoms with Gasteiger partial charge in [-0.15, -0.1) is 0 Å². The standard InChI is InChI=1S/C17H16N4O/c1-20-10-6-7-14(20)13-18-19-17(22)15-8-2-3-9-16(15)21-11-4-5-12-21/h2-13H,1H3,(H,19,22)/b18-13-. The normalized spacial score (nSPS) is 11.0. The van der Waals surface area contributed by atoms with Crippen LogP contribution in [-0.2, 0) is 7.05 Å². The number of hydrogen-bond donors (Lipinski definition) is 1. The zero-order valence-corrected chi connectivity index (χ0v) is 12.2. The molecule has 0 radical (unpaired) electrons. The zero-order chi connectivity index (χ0) is 15.4. The Morgan fingerprint density at radius 1 is 1.05 bits per heavy atom. The van der Waals surface area contributed by atoms with Crippen LogP contribution in [0.5, 0.6) is 0 Å². The Bertz CT molecular complexity index is 800. The first-order valence-electron chi connectivity index (χ1n) is 6.93. The topological polar surface area (TPSA) is 51.3 Å². The smallest absolute Gasteiger partial charge is 0.273 e. The van der Waals surface area contributed by atoms with Crippen LogP contribution < -0.4 is 5.43 Å². The van der Waals surface area contributed by atoms with E-state index in [0.29, 0.717) is 5.56 Å². The predicted octanol–water partition coefficient (Wildman–Crippen LogP) is 2.58. The van der Waals surface area contributed by atoms with Crippen molar-refractivity contribution in [3.05, 3.63) is 78.4 Å². The molecule has 0 unspecified atom stereocenters. The second-order valence-electron chi connectivity index (χ2n) is 4.85. The Morgan fingerprint density at radius 3 is 2.55 bits per heavy atom. The highest BCUT2D eigenvalue weighted by molar-refractivity contribution is 5.98. The van der Waals surface area contributed by atoms with Crippen LogP contribution in [0.2, 0.25) is 0 Å². The maximum Gasteiger partial charge on any atom is 0.273 e. The summed E-state index contributed by atoms with van der Waals surface area (Å²) in [7, 11) is 1.92. The molecule has 0 saturated heterocycles. The third-order valence-electron chi connectivity index (χ3n) is 3.38. The van der Waals surface area contributed by atoms with Crippen molar-refractivity contribution in [1.29, 1.82) is 0 Å². The number of benzene rings is 1. The molecule has 0 bridgehead atoms. The van der Waals surface area contributed by atoms with E-state index in [1.54, 1.807) is 12.3 Å². The number of aryl methyl sites for hydroxylation is 1. The number of hydrogen-bond acceptors (Lipinski definition) is 2. The third-order valence-corrected chi connectivity index (χ3v) is 3.38. The van der Waals surface area contributed by atoms with Gasteiger partial charge >= 0.3 is 0 Å². The number of aromatic nitrogens is 2. The van der Waals surface area contributed by atoms with E-state index in [4.69, 9.17) is 0 Å². The van der Waals surface area contributed by atoms with E-state index in [2.05, 4.69) is 10.5 Å². The van der Waals surface area contributed by atoms with Gasteiger partial charge in [0, 0.05) is 25.6 Å². The fraction of sp³-hybridized carbons (Fsp3) is 0.0588. The van der Waals surface area contributed by atoms with Crippen LogP contribution in [0.4, 0.5) is 0 Å². The number of nitrogens with zero attached hydrogens (tertiary/aromatic N) is 3. The van der Waals surface area contributed by atoms with Crippen LogP contribution in [0.25, 0.3) is 5.69 Å². The van der Waals surface area contributed by atoms with E-state index >= 15 is 0 Å². The zero-order valence-electron chi connectivity index (χ0n) is 12.2. The minimum Gasteiger partial charge on any atom is -0.350 e. The lowest BCUT2D eigenvalue weighted by molar-refractivity contribution is 0.0955. The molecule has 22 heavy (non-hydrogen) atoms. The fourth-order valence-corrected chi connectivity index (χ4v) is 2.21. The average molecular weight is 292 g/mol. The van der Waals surface area contributed by atoms with Crippen LogP contribution in [0.15, 0.2) is 72.2 Å². The molecular formula is C17H16N4O.